The summed E-state index contributed by atoms with van der Waals surface area (Å²) in [7, 11) is -7.55. The largest absolute Gasteiger partial charge is 0.394 e. The summed E-state index contributed by atoms with van der Waals surface area (Å²) in [6.45, 7) is 1.14. The Morgan fingerprint density at radius 3 is 2.28 bits per heavy atom. The quantitative estimate of drug-likeness (QED) is 0.200. The van der Waals surface area contributed by atoms with Crippen molar-refractivity contribution in [3.63, 3.8) is 0 Å². The van der Waals surface area contributed by atoms with Crippen molar-refractivity contribution in [1.82, 2.24) is 19.7 Å². The van der Waals surface area contributed by atoms with E-state index in [9.17, 15) is 16.8 Å². The Bertz CT molecular complexity index is 1080. The third-order valence-electron chi connectivity index (χ3n) is 4.02. The first-order valence-corrected chi connectivity index (χ1v) is 13.1. The minimum atomic E-state index is -4.27. The molecule has 0 unspecified atom stereocenters. The Balaban J connectivity index is 2.11. The van der Waals surface area contributed by atoms with E-state index in [0.29, 0.717) is 50.0 Å². The van der Waals surface area contributed by atoms with E-state index in [1.54, 1.807) is 12.1 Å². The van der Waals surface area contributed by atoms with Crippen LogP contribution < -0.4 is 10.0 Å². The lowest BCUT2D eigenvalue weighted by Gasteiger charge is -2.10. The zero-order valence-corrected chi connectivity index (χ0v) is 19.2. The van der Waals surface area contributed by atoms with Crippen molar-refractivity contribution in [3.05, 3.63) is 41.5 Å². The number of rotatable bonds is 14. The van der Waals surface area contributed by atoms with Gasteiger partial charge in [0.05, 0.1) is 31.0 Å². The summed E-state index contributed by atoms with van der Waals surface area (Å²) in [5, 5.41) is 11.8. The van der Waals surface area contributed by atoms with Gasteiger partial charge in [-0.25, -0.2) is 18.1 Å². The smallest absolute Gasteiger partial charge is 0.294 e. The monoisotopic (exact) mass is 489 g/mol. The zero-order chi connectivity index (χ0) is 23.6. The lowest BCUT2D eigenvalue weighted by atomic mass is 10.1. The first-order chi connectivity index (χ1) is 15.1. The van der Waals surface area contributed by atoms with E-state index in [1.807, 2.05) is 0 Å². The number of hydrogen-bond acceptors (Lipinski definition) is 10. The van der Waals surface area contributed by atoms with Crippen molar-refractivity contribution in [2.75, 3.05) is 44.5 Å². The molecule has 32 heavy (non-hydrogen) atoms. The van der Waals surface area contributed by atoms with Gasteiger partial charge in [0.1, 0.15) is 11.6 Å². The van der Waals surface area contributed by atoms with Gasteiger partial charge in [-0.05, 0) is 24.1 Å². The molecule has 14 heteroatoms. The molecule has 0 saturated carbocycles. The maximum Gasteiger partial charge on any atom is 0.294 e. The summed E-state index contributed by atoms with van der Waals surface area (Å²) in [5.41, 5.74) is 0.727. The van der Waals surface area contributed by atoms with E-state index in [0.717, 1.165) is 11.8 Å². The van der Waals surface area contributed by atoms with Crippen LogP contribution in [-0.2, 0) is 37.7 Å². The second-order valence-corrected chi connectivity index (χ2v) is 10.1. The SMILES string of the molecule is CS(=O)(=O)NCCCc1nc(Cc2ccc(S(=O)(=O)O)cc2)nc(NCCOCCO)n1. The molecule has 0 radical (unpaired) electrons. The average Bonchev–Trinajstić information content (AvgIpc) is 2.70. The molecule has 0 bridgehead atoms. The number of aliphatic hydroxyl groups excluding tert-OH is 1. The van der Waals surface area contributed by atoms with Gasteiger partial charge in [0.25, 0.3) is 10.1 Å². The fourth-order valence-electron chi connectivity index (χ4n) is 2.61. The fraction of sp³-hybridized carbons (Fsp3) is 0.500. The van der Waals surface area contributed by atoms with Gasteiger partial charge in [-0.15, -0.1) is 0 Å². The molecule has 0 spiro atoms. The standard InChI is InChI=1S/C18H27N5O7S2/c1-31(25,26)20-8-2-3-16-21-17(23-18(22-16)19-9-11-30-12-10-24)13-14-4-6-15(7-5-14)32(27,28)29/h4-7,20,24H,2-3,8-13H2,1H3,(H,27,28,29)(H,19,21,22,23). The molecule has 0 aliphatic rings. The number of aryl methyl sites for hydroxylation is 1. The molecule has 0 fully saturated rings. The molecule has 4 N–H and O–H groups in total. The Kier molecular flexibility index (Phi) is 9.86. The molecule has 0 aliphatic carbocycles. The molecule has 0 aliphatic heterocycles. The van der Waals surface area contributed by atoms with Crippen LogP contribution in [0.3, 0.4) is 0 Å². The van der Waals surface area contributed by atoms with Crippen molar-refractivity contribution in [1.29, 1.82) is 0 Å². The van der Waals surface area contributed by atoms with Crippen LogP contribution in [0.25, 0.3) is 0 Å². The highest BCUT2D eigenvalue weighted by molar-refractivity contribution is 7.88. The van der Waals surface area contributed by atoms with Crippen molar-refractivity contribution in [3.8, 4) is 0 Å². The number of benzene rings is 1. The second kappa shape index (κ2) is 12.1. The Labute approximate surface area is 187 Å². The molecule has 178 valence electrons. The topological polar surface area (TPSA) is 181 Å². The predicted octanol–water partition coefficient (Wildman–Crippen LogP) is -0.388. The number of aromatic nitrogens is 3. The first-order valence-electron chi connectivity index (χ1n) is 9.74. The summed E-state index contributed by atoms with van der Waals surface area (Å²) >= 11 is 0. The lowest BCUT2D eigenvalue weighted by molar-refractivity contribution is 0.0991. The van der Waals surface area contributed by atoms with E-state index < -0.39 is 20.1 Å². The van der Waals surface area contributed by atoms with Crippen LogP contribution in [0.1, 0.15) is 23.6 Å². The van der Waals surface area contributed by atoms with Crippen LogP contribution in [0.15, 0.2) is 29.2 Å². The summed E-state index contributed by atoms with van der Waals surface area (Å²) in [4.78, 5) is 12.9. The van der Waals surface area contributed by atoms with Gasteiger partial charge in [0.15, 0.2) is 0 Å². The minimum absolute atomic E-state index is 0.0715. The van der Waals surface area contributed by atoms with Gasteiger partial charge in [-0.1, -0.05) is 12.1 Å². The van der Waals surface area contributed by atoms with Gasteiger partial charge in [-0.3, -0.25) is 4.55 Å². The Morgan fingerprint density at radius 2 is 1.66 bits per heavy atom. The summed E-state index contributed by atoms with van der Waals surface area (Å²) < 4.78 is 61.5. The summed E-state index contributed by atoms with van der Waals surface area (Å²) in [6, 6.07) is 5.69. The van der Waals surface area contributed by atoms with Gasteiger partial charge >= 0.3 is 0 Å². The molecule has 1 aromatic heterocycles. The van der Waals surface area contributed by atoms with Crippen LogP contribution in [0.5, 0.6) is 0 Å². The van der Waals surface area contributed by atoms with Crippen LogP contribution in [0.4, 0.5) is 5.95 Å². The number of hydrogen-bond donors (Lipinski definition) is 4. The van der Waals surface area contributed by atoms with Gasteiger partial charge in [-0.2, -0.15) is 18.4 Å². The molecule has 0 saturated heterocycles. The van der Waals surface area contributed by atoms with Crippen LogP contribution >= 0.6 is 0 Å². The number of sulfonamides is 1. The molecule has 12 nitrogen and oxygen atoms in total. The predicted molar refractivity (Wildman–Crippen MR) is 116 cm³/mol. The lowest BCUT2D eigenvalue weighted by Crippen LogP contribution is -2.23. The van der Waals surface area contributed by atoms with Crippen molar-refractivity contribution >= 4 is 26.1 Å². The minimum Gasteiger partial charge on any atom is -0.394 e. The molecule has 0 atom stereocenters. The molecule has 0 amide bonds. The Hall–Kier alpha value is -2.23. The normalized spacial score (nSPS) is 12.1. The fourth-order valence-corrected chi connectivity index (χ4v) is 3.60. The van der Waals surface area contributed by atoms with Crippen molar-refractivity contribution < 1.29 is 31.2 Å². The van der Waals surface area contributed by atoms with E-state index in [-0.39, 0.29) is 24.7 Å². The van der Waals surface area contributed by atoms with Crippen molar-refractivity contribution in [2.24, 2.45) is 0 Å². The van der Waals surface area contributed by atoms with E-state index >= 15 is 0 Å². The number of anilines is 1. The zero-order valence-electron chi connectivity index (χ0n) is 17.6. The summed E-state index contributed by atoms with van der Waals surface area (Å²) in [5.74, 6) is 1.23. The average molecular weight is 490 g/mol. The molecule has 1 heterocycles. The van der Waals surface area contributed by atoms with Crippen LogP contribution in [-0.4, -0.2) is 80.6 Å². The summed E-state index contributed by atoms with van der Waals surface area (Å²) in [6.07, 6.45) is 2.27. The van der Waals surface area contributed by atoms with E-state index in [1.165, 1.54) is 12.1 Å². The highest BCUT2D eigenvalue weighted by Gasteiger charge is 2.11. The molecular formula is C18H27N5O7S2. The highest BCUT2D eigenvalue weighted by Crippen LogP contribution is 2.13. The molecule has 2 rings (SSSR count). The third kappa shape index (κ3) is 9.93. The van der Waals surface area contributed by atoms with Gasteiger partial charge < -0.3 is 15.2 Å². The number of nitrogens with one attached hydrogen (secondary N) is 2. The number of ether oxygens (including phenoxy) is 1. The number of aliphatic hydroxyl groups is 1. The highest BCUT2D eigenvalue weighted by atomic mass is 32.2. The van der Waals surface area contributed by atoms with Gasteiger partial charge in [0.2, 0.25) is 16.0 Å². The van der Waals surface area contributed by atoms with Crippen LogP contribution in [0.2, 0.25) is 0 Å². The number of nitrogens with zero attached hydrogens (tertiary/aromatic N) is 3. The Morgan fingerprint density at radius 1 is 0.969 bits per heavy atom. The first kappa shape index (κ1) is 26.0. The third-order valence-corrected chi connectivity index (χ3v) is 5.61. The van der Waals surface area contributed by atoms with Crippen molar-refractivity contribution in [2.45, 2.75) is 24.2 Å². The van der Waals surface area contributed by atoms with E-state index in [4.69, 9.17) is 14.4 Å². The maximum atomic E-state index is 11.2. The molecule has 2 aromatic rings. The van der Waals surface area contributed by atoms with Gasteiger partial charge in [0, 0.05) is 25.9 Å². The molecule has 1 aromatic carbocycles. The van der Waals surface area contributed by atoms with Crippen LogP contribution in [0, 0.1) is 0 Å². The second-order valence-electron chi connectivity index (χ2n) is 6.82. The van der Waals surface area contributed by atoms with E-state index in [2.05, 4.69) is 25.0 Å². The maximum absolute atomic E-state index is 11.2. The molecular weight excluding hydrogens is 462 g/mol.